The van der Waals surface area contributed by atoms with Gasteiger partial charge in [0, 0.05) is 23.9 Å². The summed E-state index contributed by atoms with van der Waals surface area (Å²) >= 11 is 0. The minimum Gasteiger partial charge on any atom is -0.388 e. The molecule has 1 rings (SSSR count). The quantitative estimate of drug-likeness (QED) is 0.744. The first-order valence-electron chi connectivity index (χ1n) is 4.40. The normalized spacial score (nSPS) is 9.64. The highest BCUT2D eigenvalue weighted by Crippen LogP contribution is 2.17. The first kappa shape index (κ1) is 10.4. The molecule has 0 aromatic heterocycles. The molecule has 0 unspecified atom stereocenters. The SMILES string of the molecule is CNc1ccc(C(C)=O)cc1C(C)=O. The van der Waals surface area contributed by atoms with Crippen molar-refractivity contribution in [2.45, 2.75) is 13.8 Å². The van der Waals surface area contributed by atoms with Gasteiger partial charge in [0.2, 0.25) is 0 Å². The zero-order valence-corrected chi connectivity index (χ0v) is 8.55. The van der Waals surface area contributed by atoms with Gasteiger partial charge < -0.3 is 5.32 Å². The second kappa shape index (κ2) is 4.05. The fraction of sp³-hybridized carbons (Fsp3) is 0.273. The summed E-state index contributed by atoms with van der Waals surface area (Å²) in [5.74, 6) is -0.0763. The summed E-state index contributed by atoms with van der Waals surface area (Å²) in [6.07, 6.45) is 0. The van der Waals surface area contributed by atoms with Crippen LogP contribution in [0.25, 0.3) is 0 Å². The topological polar surface area (TPSA) is 46.2 Å². The van der Waals surface area contributed by atoms with Gasteiger partial charge in [-0.05, 0) is 32.0 Å². The lowest BCUT2D eigenvalue weighted by Crippen LogP contribution is -2.03. The van der Waals surface area contributed by atoms with Crippen molar-refractivity contribution in [3.63, 3.8) is 0 Å². The fourth-order valence-corrected chi connectivity index (χ4v) is 1.27. The van der Waals surface area contributed by atoms with Crippen molar-refractivity contribution in [1.29, 1.82) is 0 Å². The Morgan fingerprint density at radius 3 is 2.21 bits per heavy atom. The van der Waals surface area contributed by atoms with Gasteiger partial charge in [0.1, 0.15) is 0 Å². The molecule has 0 atom stereocenters. The summed E-state index contributed by atoms with van der Waals surface area (Å²) < 4.78 is 0. The molecule has 0 spiro atoms. The highest BCUT2D eigenvalue weighted by Gasteiger charge is 2.08. The van der Waals surface area contributed by atoms with E-state index in [2.05, 4.69) is 5.32 Å². The molecule has 0 saturated heterocycles. The van der Waals surface area contributed by atoms with E-state index in [9.17, 15) is 9.59 Å². The largest absolute Gasteiger partial charge is 0.388 e. The molecule has 0 aliphatic carbocycles. The van der Waals surface area contributed by atoms with E-state index in [0.717, 1.165) is 5.69 Å². The van der Waals surface area contributed by atoms with Crippen molar-refractivity contribution in [2.24, 2.45) is 0 Å². The van der Waals surface area contributed by atoms with Crippen LogP contribution in [0, 0.1) is 0 Å². The lowest BCUT2D eigenvalue weighted by Gasteiger charge is -2.07. The summed E-state index contributed by atoms with van der Waals surface area (Å²) in [4.78, 5) is 22.3. The predicted molar refractivity (Wildman–Crippen MR) is 56.0 cm³/mol. The van der Waals surface area contributed by atoms with Gasteiger partial charge in [0.25, 0.3) is 0 Å². The molecule has 0 radical (unpaired) electrons. The maximum absolute atomic E-state index is 11.2. The number of nitrogens with one attached hydrogen (secondary N) is 1. The zero-order chi connectivity index (χ0) is 10.7. The average molecular weight is 191 g/mol. The van der Waals surface area contributed by atoms with E-state index in [-0.39, 0.29) is 11.6 Å². The maximum atomic E-state index is 11.2. The number of carbonyl (C=O) groups is 2. The molecule has 1 aromatic rings. The smallest absolute Gasteiger partial charge is 0.161 e. The van der Waals surface area contributed by atoms with Crippen molar-refractivity contribution < 1.29 is 9.59 Å². The van der Waals surface area contributed by atoms with E-state index in [1.807, 2.05) is 0 Å². The van der Waals surface area contributed by atoms with Crippen LogP contribution in [0.15, 0.2) is 18.2 Å². The van der Waals surface area contributed by atoms with Crippen LogP contribution in [-0.4, -0.2) is 18.6 Å². The third-order valence-corrected chi connectivity index (χ3v) is 2.07. The minimum atomic E-state index is -0.0440. The molecule has 0 aliphatic rings. The Morgan fingerprint density at radius 1 is 1.14 bits per heavy atom. The molecule has 3 heteroatoms. The summed E-state index contributed by atoms with van der Waals surface area (Å²) in [6, 6.07) is 5.07. The van der Waals surface area contributed by atoms with Gasteiger partial charge >= 0.3 is 0 Å². The van der Waals surface area contributed by atoms with Crippen LogP contribution in [0.1, 0.15) is 34.6 Å². The molecular formula is C11H13NO2. The van der Waals surface area contributed by atoms with Crippen molar-refractivity contribution in [3.8, 4) is 0 Å². The van der Waals surface area contributed by atoms with Crippen LogP contribution >= 0.6 is 0 Å². The van der Waals surface area contributed by atoms with Crippen molar-refractivity contribution >= 4 is 17.3 Å². The Balaban J connectivity index is 3.27. The number of hydrogen-bond acceptors (Lipinski definition) is 3. The van der Waals surface area contributed by atoms with Gasteiger partial charge in [-0.15, -0.1) is 0 Å². The highest BCUT2D eigenvalue weighted by molar-refractivity contribution is 6.03. The molecular weight excluding hydrogens is 178 g/mol. The molecule has 0 aliphatic heterocycles. The third kappa shape index (κ3) is 1.99. The summed E-state index contributed by atoms with van der Waals surface area (Å²) in [5.41, 5.74) is 1.87. The summed E-state index contributed by atoms with van der Waals surface area (Å²) in [6.45, 7) is 2.97. The molecule has 0 heterocycles. The Kier molecular flexibility index (Phi) is 3.02. The molecule has 0 fully saturated rings. The molecule has 3 nitrogen and oxygen atoms in total. The number of ketones is 2. The molecule has 0 saturated carbocycles. The van der Waals surface area contributed by atoms with E-state index in [1.165, 1.54) is 13.8 Å². The molecule has 0 amide bonds. The number of anilines is 1. The first-order chi connectivity index (χ1) is 6.56. The van der Waals surface area contributed by atoms with Gasteiger partial charge in [0.05, 0.1) is 0 Å². The molecule has 0 bridgehead atoms. The predicted octanol–water partition coefficient (Wildman–Crippen LogP) is 2.13. The fourth-order valence-electron chi connectivity index (χ4n) is 1.27. The van der Waals surface area contributed by atoms with Gasteiger partial charge in [-0.2, -0.15) is 0 Å². The van der Waals surface area contributed by atoms with Crippen molar-refractivity contribution in [1.82, 2.24) is 0 Å². The van der Waals surface area contributed by atoms with Gasteiger partial charge in [0.15, 0.2) is 11.6 Å². The van der Waals surface area contributed by atoms with E-state index in [1.54, 1.807) is 25.2 Å². The van der Waals surface area contributed by atoms with Crippen LogP contribution in [-0.2, 0) is 0 Å². The summed E-state index contributed by atoms with van der Waals surface area (Å²) in [7, 11) is 1.75. The number of hydrogen-bond donors (Lipinski definition) is 1. The van der Waals surface area contributed by atoms with Crippen molar-refractivity contribution in [2.75, 3.05) is 12.4 Å². The Labute approximate surface area is 83.1 Å². The number of rotatable bonds is 3. The van der Waals surface area contributed by atoms with Crippen LogP contribution in [0.5, 0.6) is 0 Å². The summed E-state index contributed by atoms with van der Waals surface area (Å²) in [5, 5.41) is 2.91. The van der Waals surface area contributed by atoms with Gasteiger partial charge in [-0.25, -0.2) is 0 Å². The van der Waals surface area contributed by atoms with E-state index in [4.69, 9.17) is 0 Å². The van der Waals surface area contributed by atoms with Gasteiger partial charge in [-0.3, -0.25) is 9.59 Å². The number of benzene rings is 1. The molecule has 1 N–H and O–H groups in total. The van der Waals surface area contributed by atoms with Crippen LogP contribution < -0.4 is 5.32 Å². The van der Waals surface area contributed by atoms with Crippen LogP contribution in [0.2, 0.25) is 0 Å². The minimum absolute atomic E-state index is 0.0323. The number of carbonyl (C=O) groups excluding carboxylic acids is 2. The second-order valence-electron chi connectivity index (χ2n) is 3.12. The first-order valence-corrected chi connectivity index (χ1v) is 4.40. The van der Waals surface area contributed by atoms with E-state index >= 15 is 0 Å². The maximum Gasteiger partial charge on any atom is 0.161 e. The van der Waals surface area contributed by atoms with Crippen LogP contribution in [0.4, 0.5) is 5.69 Å². The zero-order valence-electron chi connectivity index (χ0n) is 8.55. The number of Topliss-reactive ketones (excluding diaryl/α,β-unsaturated/α-hetero) is 2. The van der Waals surface area contributed by atoms with E-state index < -0.39 is 0 Å². The third-order valence-electron chi connectivity index (χ3n) is 2.07. The van der Waals surface area contributed by atoms with Gasteiger partial charge in [-0.1, -0.05) is 0 Å². The lowest BCUT2D eigenvalue weighted by atomic mass is 10.0. The van der Waals surface area contributed by atoms with Crippen LogP contribution in [0.3, 0.4) is 0 Å². The van der Waals surface area contributed by atoms with E-state index in [0.29, 0.717) is 11.1 Å². The molecule has 14 heavy (non-hydrogen) atoms. The molecule has 74 valence electrons. The lowest BCUT2D eigenvalue weighted by molar-refractivity contribution is 0.101. The Morgan fingerprint density at radius 2 is 1.79 bits per heavy atom. The van der Waals surface area contributed by atoms with Crippen molar-refractivity contribution in [3.05, 3.63) is 29.3 Å². The Hall–Kier alpha value is -1.64. The standard InChI is InChI=1S/C11H13NO2/c1-7(13)9-4-5-11(12-3)10(6-9)8(2)14/h4-6,12H,1-3H3. The molecule has 1 aromatic carbocycles. The monoisotopic (exact) mass is 191 g/mol. The second-order valence-corrected chi connectivity index (χ2v) is 3.12. The average Bonchev–Trinajstić information content (AvgIpc) is 2.16. The highest BCUT2D eigenvalue weighted by atomic mass is 16.1. The Bertz CT molecular complexity index is 383.